The summed E-state index contributed by atoms with van der Waals surface area (Å²) in [5.74, 6) is -0.137. The van der Waals surface area contributed by atoms with Crippen molar-refractivity contribution >= 4 is 21.6 Å². The number of rotatable bonds is 4. The number of carbonyl (C=O) groups excluding carboxylic acids is 1. The summed E-state index contributed by atoms with van der Waals surface area (Å²) in [6, 6.07) is 13.5. The summed E-state index contributed by atoms with van der Waals surface area (Å²) >= 11 is 0. The average molecular weight is 373 g/mol. The van der Waals surface area contributed by atoms with E-state index in [1.54, 1.807) is 29.2 Å². The fourth-order valence-corrected chi connectivity index (χ4v) is 4.13. The first kappa shape index (κ1) is 18.4. The summed E-state index contributed by atoms with van der Waals surface area (Å²) in [5.41, 5.74) is 2.03. The molecule has 0 atom stereocenters. The van der Waals surface area contributed by atoms with Crippen molar-refractivity contribution in [3.05, 3.63) is 59.7 Å². The summed E-state index contributed by atoms with van der Waals surface area (Å²) in [5, 5.41) is 3.20. The van der Waals surface area contributed by atoms with Crippen molar-refractivity contribution < 1.29 is 13.2 Å². The van der Waals surface area contributed by atoms with Crippen LogP contribution in [0.4, 0.5) is 5.69 Å². The minimum atomic E-state index is -3.74. The predicted molar refractivity (Wildman–Crippen MR) is 102 cm³/mol. The van der Waals surface area contributed by atoms with Crippen LogP contribution < -0.4 is 9.62 Å². The lowest BCUT2D eigenvalue weighted by Crippen LogP contribution is -2.46. The number of aryl methyl sites for hydroxylation is 1. The molecule has 0 aliphatic carbocycles. The molecule has 0 bridgehead atoms. The Morgan fingerprint density at radius 1 is 1.08 bits per heavy atom. The first-order valence-electron chi connectivity index (χ1n) is 8.55. The van der Waals surface area contributed by atoms with E-state index in [9.17, 15) is 13.2 Å². The lowest BCUT2D eigenvalue weighted by Gasteiger charge is -2.27. The fourth-order valence-electron chi connectivity index (χ4n) is 2.89. The average Bonchev–Trinajstić information content (AvgIpc) is 2.68. The number of hydrogen-bond donors (Lipinski definition) is 1. The molecular weight excluding hydrogens is 350 g/mol. The van der Waals surface area contributed by atoms with Crippen LogP contribution in [0.1, 0.15) is 15.9 Å². The molecule has 3 rings (SSSR count). The Morgan fingerprint density at radius 3 is 2.38 bits per heavy atom. The van der Waals surface area contributed by atoms with Gasteiger partial charge in [0.1, 0.15) is 0 Å². The molecule has 1 N–H and O–H groups in total. The van der Waals surface area contributed by atoms with Crippen molar-refractivity contribution in [2.45, 2.75) is 11.8 Å². The van der Waals surface area contributed by atoms with Crippen molar-refractivity contribution in [2.75, 3.05) is 37.5 Å². The molecule has 2 aromatic rings. The number of sulfonamides is 1. The molecule has 2 aromatic carbocycles. The van der Waals surface area contributed by atoms with Gasteiger partial charge in [0.25, 0.3) is 15.9 Å². The van der Waals surface area contributed by atoms with E-state index in [-0.39, 0.29) is 10.8 Å². The van der Waals surface area contributed by atoms with E-state index >= 15 is 0 Å². The first-order valence-corrected chi connectivity index (χ1v) is 9.99. The number of nitrogens with one attached hydrogen (secondary N) is 1. The minimum Gasteiger partial charge on any atom is -0.336 e. The molecule has 0 saturated carbocycles. The van der Waals surface area contributed by atoms with Gasteiger partial charge < -0.3 is 10.2 Å². The Hall–Kier alpha value is -2.38. The van der Waals surface area contributed by atoms with Gasteiger partial charge in [0.2, 0.25) is 0 Å². The third-order valence-electron chi connectivity index (χ3n) is 4.54. The maximum atomic E-state index is 13.0. The molecule has 1 amide bonds. The lowest BCUT2D eigenvalue weighted by molar-refractivity contribution is 0.0735. The maximum absolute atomic E-state index is 13.0. The van der Waals surface area contributed by atoms with Gasteiger partial charge in [0, 0.05) is 38.8 Å². The molecule has 1 saturated heterocycles. The largest absolute Gasteiger partial charge is 0.336 e. The minimum absolute atomic E-state index is 0.113. The Bertz CT molecular complexity index is 889. The molecule has 0 spiro atoms. The number of hydrogen-bond acceptors (Lipinski definition) is 4. The van der Waals surface area contributed by atoms with E-state index < -0.39 is 10.0 Å². The van der Waals surface area contributed by atoms with Gasteiger partial charge in [-0.3, -0.25) is 9.10 Å². The number of nitrogens with zero attached hydrogens (tertiary/aromatic N) is 2. The highest BCUT2D eigenvalue weighted by atomic mass is 32.2. The van der Waals surface area contributed by atoms with E-state index in [1.807, 2.05) is 19.1 Å². The molecule has 0 radical (unpaired) electrons. The maximum Gasteiger partial charge on any atom is 0.264 e. The molecule has 0 unspecified atom stereocenters. The molecule has 26 heavy (non-hydrogen) atoms. The highest BCUT2D eigenvalue weighted by molar-refractivity contribution is 7.92. The zero-order valence-corrected chi connectivity index (χ0v) is 15.8. The van der Waals surface area contributed by atoms with Crippen LogP contribution in [0.5, 0.6) is 0 Å². The Labute approximate surface area is 154 Å². The van der Waals surface area contributed by atoms with Crippen LogP contribution in [-0.2, 0) is 10.0 Å². The number of amides is 1. The quantitative estimate of drug-likeness (QED) is 0.888. The molecule has 7 heteroatoms. The molecule has 1 aliphatic rings. The van der Waals surface area contributed by atoms with Gasteiger partial charge in [-0.15, -0.1) is 0 Å². The fraction of sp³-hybridized carbons (Fsp3) is 0.316. The smallest absolute Gasteiger partial charge is 0.264 e. The SMILES string of the molecule is Cc1ccc(N(C)S(=O)(=O)c2cccc(C(=O)N3CCNCC3)c2)cc1. The monoisotopic (exact) mass is 373 g/mol. The number of anilines is 1. The van der Waals surface area contributed by atoms with Gasteiger partial charge >= 0.3 is 0 Å². The van der Waals surface area contributed by atoms with Crippen LogP contribution in [0.2, 0.25) is 0 Å². The molecule has 0 aromatic heterocycles. The Balaban J connectivity index is 1.88. The lowest BCUT2D eigenvalue weighted by atomic mass is 10.2. The van der Waals surface area contributed by atoms with Crippen LogP contribution in [0, 0.1) is 6.92 Å². The van der Waals surface area contributed by atoms with Crippen LogP contribution >= 0.6 is 0 Å². The number of benzene rings is 2. The van der Waals surface area contributed by atoms with Crippen molar-refractivity contribution in [1.29, 1.82) is 0 Å². The van der Waals surface area contributed by atoms with Crippen molar-refractivity contribution in [3.63, 3.8) is 0 Å². The van der Waals surface area contributed by atoms with E-state index in [4.69, 9.17) is 0 Å². The molecular formula is C19H23N3O3S. The topological polar surface area (TPSA) is 69.7 Å². The highest BCUT2D eigenvalue weighted by Gasteiger charge is 2.24. The Morgan fingerprint density at radius 2 is 1.73 bits per heavy atom. The zero-order valence-electron chi connectivity index (χ0n) is 15.0. The summed E-state index contributed by atoms with van der Waals surface area (Å²) < 4.78 is 27.2. The van der Waals surface area contributed by atoms with E-state index in [2.05, 4.69) is 5.32 Å². The molecule has 138 valence electrons. The standard InChI is InChI=1S/C19H23N3O3S/c1-15-6-8-17(9-7-15)21(2)26(24,25)18-5-3-4-16(14-18)19(23)22-12-10-20-11-13-22/h3-9,14,20H,10-13H2,1-2H3. The molecule has 6 nitrogen and oxygen atoms in total. The van der Waals surface area contributed by atoms with Crippen molar-refractivity contribution in [2.24, 2.45) is 0 Å². The molecule has 1 heterocycles. The van der Waals surface area contributed by atoms with Gasteiger partial charge in [-0.1, -0.05) is 23.8 Å². The summed E-state index contributed by atoms with van der Waals surface area (Å²) in [7, 11) is -2.22. The number of piperazine rings is 1. The van der Waals surface area contributed by atoms with Gasteiger partial charge in [-0.05, 0) is 37.3 Å². The highest BCUT2D eigenvalue weighted by Crippen LogP contribution is 2.23. The van der Waals surface area contributed by atoms with E-state index in [1.165, 1.54) is 23.5 Å². The van der Waals surface area contributed by atoms with E-state index in [0.717, 1.165) is 18.7 Å². The third-order valence-corrected chi connectivity index (χ3v) is 6.32. The van der Waals surface area contributed by atoms with Crippen LogP contribution in [0.15, 0.2) is 53.4 Å². The summed E-state index contributed by atoms with van der Waals surface area (Å²) in [6.07, 6.45) is 0. The normalized spacial score (nSPS) is 14.9. The van der Waals surface area contributed by atoms with Gasteiger partial charge in [-0.2, -0.15) is 0 Å². The van der Waals surface area contributed by atoms with E-state index in [0.29, 0.717) is 24.3 Å². The second-order valence-electron chi connectivity index (χ2n) is 6.38. The number of carbonyl (C=O) groups is 1. The predicted octanol–water partition coefficient (Wildman–Crippen LogP) is 1.87. The summed E-state index contributed by atoms with van der Waals surface area (Å²) in [6.45, 7) is 4.70. The molecule has 1 fully saturated rings. The van der Waals surface area contributed by atoms with Gasteiger partial charge in [-0.25, -0.2) is 8.42 Å². The Kier molecular flexibility index (Phi) is 5.29. The zero-order chi connectivity index (χ0) is 18.7. The molecule has 1 aliphatic heterocycles. The van der Waals surface area contributed by atoms with Crippen molar-refractivity contribution in [1.82, 2.24) is 10.2 Å². The van der Waals surface area contributed by atoms with Gasteiger partial charge in [0.05, 0.1) is 10.6 Å². The van der Waals surface area contributed by atoms with Crippen LogP contribution in [-0.4, -0.2) is 52.5 Å². The van der Waals surface area contributed by atoms with Crippen molar-refractivity contribution in [3.8, 4) is 0 Å². The third kappa shape index (κ3) is 3.73. The second-order valence-corrected chi connectivity index (χ2v) is 8.35. The second kappa shape index (κ2) is 7.47. The van der Waals surface area contributed by atoms with Crippen LogP contribution in [0.3, 0.4) is 0 Å². The summed E-state index contributed by atoms with van der Waals surface area (Å²) in [4.78, 5) is 14.5. The van der Waals surface area contributed by atoms with Gasteiger partial charge in [0.15, 0.2) is 0 Å². The first-order chi connectivity index (χ1) is 12.4. The van der Waals surface area contributed by atoms with Crippen LogP contribution in [0.25, 0.3) is 0 Å².